The van der Waals surface area contributed by atoms with Crippen LogP contribution in [0.15, 0.2) is 83.9 Å². The van der Waals surface area contributed by atoms with E-state index in [0.717, 1.165) is 17.2 Å². The maximum atomic E-state index is 11.2. The van der Waals surface area contributed by atoms with E-state index in [1.54, 1.807) is 0 Å². The Morgan fingerprint density at radius 3 is 1.79 bits per heavy atom. The number of nitrogens with zero attached hydrogens (tertiary/aromatic N) is 3. The number of rotatable bonds is 5. The standard InChI is InChI=1S/C21H16N4O4/c26-24(27)17-11-16(12-18(13-17)25(28)29)21-22-19(14-7-3-1-4-8-14)20(23-21)15-9-5-2-6-10-15/h1-13,19-20H,(H,22,23)/t19-,20-/m0/s1. The molecule has 8 heteroatoms. The molecule has 1 N–H and O–H groups in total. The predicted octanol–water partition coefficient (Wildman–Crippen LogP) is 4.34. The van der Waals surface area contributed by atoms with Crippen LogP contribution in [0.5, 0.6) is 0 Å². The normalized spacial score (nSPS) is 18.0. The molecule has 0 aliphatic carbocycles. The average Bonchev–Trinajstić information content (AvgIpc) is 3.20. The fourth-order valence-corrected chi connectivity index (χ4v) is 3.42. The number of hydrogen-bond acceptors (Lipinski definition) is 6. The van der Waals surface area contributed by atoms with Crippen molar-refractivity contribution >= 4 is 17.2 Å². The van der Waals surface area contributed by atoms with Crippen LogP contribution in [0.25, 0.3) is 0 Å². The van der Waals surface area contributed by atoms with Gasteiger partial charge in [-0.25, -0.2) is 0 Å². The van der Waals surface area contributed by atoms with Crippen molar-refractivity contribution in [2.24, 2.45) is 4.99 Å². The summed E-state index contributed by atoms with van der Waals surface area (Å²) in [6.07, 6.45) is 0. The molecule has 0 radical (unpaired) electrons. The molecular formula is C21H16N4O4. The van der Waals surface area contributed by atoms with Crippen LogP contribution in [0.2, 0.25) is 0 Å². The maximum absolute atomic E-state index is 11.2. The zero-order chi connectivity index (χ0) is 20.4. The van der Waals surface area contributed by atoms with Crippen molar-refractivity contribution < 1.29 is 9.85 Å². The fourth-order valence-electron chi connectivity index (χ4n) is 3.42. The minimum Gasteiger partial charge on any atom is -0.361 e. The van der Waals surface area contributed by atoms with E-state index in [0.29, 0.717) is 11.4 Å². The van der Waals surface area contributed by atoms with Gasteiger partial charge >= 0.3 is 0 Å². The number of amidine groups is 1. The Morgan fingerprint density at radius 2 is 1.28 bits per heavy atom. The number of nitrogens with one attached hydrogen (secondary N) is 1. The summed E-state index contributed by atoms with van der Waals surface area (Å²) < 4.78 is 0. The Balaban J connectivity index is 1.80. The summed E-state index contributed by atoms with van der Waals surface area (Å²) in [6.45, 7) is 0. The van der Waals surface area contributed by atoms with Gasteiger partial charge < -0.3 is 5.32 Å². The van der Waals surface area contributed by atoms with Gasteiger partial charge in [0.15, 0.2) is 0 Å². The van der Waals surface area contributed by atoms with Crippen LogP contribution < -0.4 is 5.32 Å². The second kappa shape index (κ2) is 7.51. The summed E-state index contributed by atoms with van der Waals surface area (Å²) in [4.78, 5) is 25.9. The van der Waals surface area contributed by atoms with Crippen molar-refractivity contribution in [3.63, 3.8) is 0 Å². The first-order valence-corrected chi connectivity index (χ1v) is 8.91. The van der Waals surface area contributed by atoms with Crippen molar-refractivity contribution in [1.82, 2.24) is 5.32 Å². The number of aliphatic imine (C=N–C) groups is 1. The molecule has 2 atom stereocenters. The molecule has 3 aromatic rings. The summed E-state index contributed by atoms with van der Waals surface area (Å²) in [7, 11) is 0. The quantitative estimate of drug-likeness (QED) is 0.516. The topological polar surface area (TPSA) is 111 Å². The molecule has 0 fully saturated rings. The van der Waals surface area contributed by atoms with E-state index in [9.17, 15) is 20.2 Å². The molecule has 4 rings (SSSR count). The van der Waals surface area contributed by atoms with E-state index in [2.05, 4.69) is 5.32 Å². The second-order valence-corrected chi connectivity index (χ2v) is 6.62. The Morgan fingerprint density at radius 1 is 0.759 bits per heavy atom. The average molecular weight is 388 g/mol. The molecule has 1 aliphatic rings. The summed E-state index contributed by atoms with van der Waals surface area (Å²) >= 11 is 0. The van der Waals surface area contributed by atoms with Gasteiger partial charge in [0.25, 0.3) is 11.4 Å². The minimum absolute atomic E-state index is 0.202. The van der Waals surface area contributed by atoms with Crippen LogP contribution in [0.3, 0.4) is 0 Å². The van der Waals surface area contributed by atoms with E-state index in [1.807, 2.05) is 60.7 Å². The molecule has 0 spiro atoms. The Bertz CT molecular complexity index is 1070. The number of nitro groups is 2. The van der Waals surface area contributed by atoms with Gasteiger partial charge in [0.05, 0.1) is 22.0 Å². The van der Waals surface area contributed by atoms with Crippen molar-refractivity contribution in [2.45, 2.75) is 12.1 Å². The molecule has 1 heterocycles. The van der Waals surface area contributed by atoms with Gasteiger partial charge in [-0.15, -0.1) is 0 Å². The second-order valence-electron chi connectivity index (χ2n) is 6.62. The highest BCUT2D eigenvalue weighted by Crippen LogP contribution is 2.37. The molecule has 29 heavy (non-hydrogen) atoms. The summed E-state index contributed by atoms with van der Waals surface area (Å²) in [6, 6.07) is 22.5. The summed E-state index contributed by atoms with van der Waals surface area (Å²) in [5.74, 6) is 0.388. The molecule has 0 saturated heterocycles. The van der Waals surface area contributed by atoms with E-state index in [4.69, 9.17) is 4.99 Å². The smallest absolute Gasteiger partial charge is 0.277 e. The highest BCUT2D eigenvalue weighted by atomic mass is 16.6. The van der Waals surface area contributed by atoms with Crippen LogP contribution in [0.1, 0.15) is 28.8 Å². The first-order valence-electron chi connectivity index (χ1n) is 8.91. The van der Waals surface area contributed by atoms with E-state index < -0.39 is 9.85 Å². The first kappa shape index (κ1) is 18.3. The van der Waals surface area contributed by atoms with Gasteiger partial charge in [-0.3, -0.25) is 25.2 Å². The first-order chi connectivity index (χ1) is 14.0. The molecule has 0 aromatic heterocycles. The summed E-state index contributed by atoms with van der Waals surface area (Å²) in [5, 5.41) is 25.8. The fraction of sp³-hybridized carbons (Fsp3) is 0.0952. The highest BCUT2D eigenvalue weighted by Gasteiger charge is 2.32. The van der Waals surface area contributed by atoms with Crippen LogP contribution in [-0.4, -0.2) is 15.7 Å². The predicted molar refractivity (Wildman–Crippen MR) is 108 cm³/mol. The molecule has 3 aromatic carbocycles. The van der Waals surface area contributed by atoms with Crippen LogP contribution in [-0.2, 0) is 0 Å². The molecule has 0 amide bonds. The molecular weight excluding hydrogens is 372 g/mol. The van der Waals surface area contributed by atoms with Gasteiger partial charge in [0.2, 0.25) is 0 Å². The van der Waals surface area contributed by atoms with Crippen LogP contribution in [0, 0.1) is 20.2 Å². The molecule has 0 saturated carbocycles. The Kier molecular flexibility index (Phi) is 4.74. The Hall–Kier alpha value is -4.07. The third-order valence-electron chi connectivity index (χ3n) is 4.77. The molecule has 144 valence electrons. The van der Waals surface area contributed by atoms with E-state index in [-0.39, 0.29) is 23.5 Å². The number of hydrogen-bond donors (Lipinski definition) is 1. The molecule has 0 bridgehead atoms. The van der Waals surface area contributed by atoms with Gasteiger partial charge in [-0.05, 0) is 11.1 Å². The van der Waals surface area contributed by atoms with Gasteiger partial charge in [-0.1, -0.05) is 60.7 Å². The van der Waals surface area contributed by atoms with E-state index >= 15 is 0 Å². The van der Waals surface area contributed by atoms with Crippen molar-refractivity contribution in [2.75, 3.05) is 0 Å². The van der Waals surface area contributed by atoms with Crippen molar-refractivity contribution in [3.8, 4) is 0 Å². The zero-order valence-electron chi connectivity index (χ0n) is 15.1. The largest absolute Gasteiger partial charge is 0.361 e. The van der Waals surface area contributed by atoms with Gasteiger partial charge in [0.1, 0.15) is 11.9 Å². The Labute approximate surface area is 165 Å². The van der Waals surface area contributed by atoms with Crippen molar-refractivity contribution in [3.05, 3.63) is 116 Å². The molecule has 8 nitrogen and oxygen atoms in total. The highest BCUT2D eigenvalue weighted by molar-refractivity contribution is 6.01. The third-order valence-corrected chi connectivity index (χ3v) is 4.77. The lowest BCUT2D eigenvalue weighted by Gasteiger charge is -2.19. The zero-order valence-corrected chi connectivity index (χ0v) is 15.1. The molecule has 1 aliphatic heterocycles. The van der Waals surface area contributed by atoms with Crippen molar-refractivity contribution in [1.29, 1.82) is 0 Å². The lowest BCUT2D eigenvalue weighted by molar-refractivity contribution is -0.394. The maximum Gasteiger partial charge on any atom is 0.277 e. The number of nitro benzene ring substituents is 2. The lowest BCUT2D eigenvalue weighted by Crippen LogP contribution is -2.25. The van der Waals surface area contributed by atoms with Gasteiger partial charge in [0, 0.05) is 17.7 Å². The lowest BCUT2D eigenvalue weighted by atomic mass is 9.95. The van der Waals surface area contributed by atoms with Gasteiger partial charge in [-0.2, -0.15) is 0 Å². The monoisotopic (exact) mass is 388 g/mol. The van der Waals surface area contributed by atoms with Crippen LogP contribution >= 0.6 is 0 Å². The number of non-ortho nitro benzene ring substituents is 2. The van der Waals surface area contributed by atoms with E-state index in [1.165, 1.54) is 12.1 Å². The summed E-state index contributed by atoms with van der Waals surface area (Å²) in [5.41, 5.74) is 1.59. The SMILES string of the molecule is O=[N+]([O-])c1cc(C2=N[C@@H](c3ccccc3)[C@H](c3ccccc3)N2)cc([N+](=O)[O-])c1. The number of benzene rings is 3. The third kappa shape index (κ3) is 3.68. The van der Waals surface area contributed by atoms with Crippen LogP contribution in [0.4, 0.5) is 11.4 Å². The minimum atomic E-state index is -0.643. The molecule has 0 unspecified atom stereocenters.